The summed E-state index contributed by atoms with van der Waals surface area (Å²) in [6.07, 6.45) is 0. The zero-order valence-electron chi connectivity index (χ0n) is 10.9. The highest BCUT2D eigenvalue weighted by Gasteiger charge is 2.36. The average Bonchev–Trinajstić information content (AvgIpc) is 2.51. The molecular formula is C17H10O4. The molecule has 4 nitrogen and oxygen atoms in total. The number of ketones is 2. The quantitative estimate of drug-likeness (QED) is 0.857. The second-order valence-electron chi connectivity index (χ2n) is 4.63. The van der Waals surface area contributed by atoms with Crippen LogP contribution < -0.4 is 0 Å². The first-order valence-corrected chi connectivity index (χ1v) is 6.32. The highest BCUT2D eigenvalue weighted by Crippen LogP contribution is 2.32. The van der Waals surface area contributed by atoms with Crippen LogP contribution in [0, 0.1) is 0 Å². The van der Waals surface area contributed by atoms with E-state index in [0.717, 1.165) is 0 Å². The lowest BCUT2D eigenvalue weighted by molar-refractivity contribution is -0.132. The predicted octanol–water partition coefficient (Wildman–Crippen LogP) is 2.60. The number of fused-ring (bicyclic) bond motifs is 1. The molecule has 0 saturated heterocycles. The number of carbonyl (C=O) groups is 3. The fourth-order valence-corrected chi connectivity index (χ4v) is 2.46. The normalized spacial score (nSPS) is 14.1. The van der Waals surface area contributed by atoms with E-state index in [1.54, 1.807) is 42.5 Å². The first-order valence-electron chi connectivity index (χ1n) is 6.32. The molecule has 0 fully saturated rings. The summed E-state index contributed by atoms with van der Waals surface area (Å²) < 4.78 is 0. The van der Waals surface area contributed by atoms with Gasteiger partial charge in [-0.2, -0.15) is 0 Å². The van der Waals surface area contributed by atoms with Gasteiger partial charge in [0.05, 0.1) is 0 Å². The molecule has 0 saturated carbocycles. The summed E-state index contributed by atoms with van der Waals surface area (Å²) in [6.45, 7) is 0. The number of Topliss-reactive ketones (excluding diaryl/α,β-unsaturated/α-hetero) is 2. The molecule has 2 aromatic rings. The molecule has 21 heavy (non-hydrogen) atoms. The van der Waals surface area contributed by atoms with Gasteiger partial charge in [0, 0.05) is 16.7 Å². The van der Waals surface area contributed by atoms with Gasteiger partial charge in [-0.1, -0.05) is 54.6 Å². The largest absolute Gasteiger partial charge is 0.478 e. The first kappa shape index (κ1) is 13.0. The summed E-state index contributed by atoms with van der Waals surface area (Å²) in [5, 5.41) is 9.35. The van der Waals surface area contributed by atoms with E-state index in [1.165, 1.54) is 12.1 Å². The topological polar surface area (TPSA) is 71.4 Å². The van der Waals surface area contributed by atoms with Crippen molar-refractivity contribution in [1.82, 2.24) is 0 Å². The van der Waals surface area contributed by atoms with E-state index in [2.05, 4.69) is 0 Å². The fraction of sp³-hybridized carbons (Fsp3) is 0. The second kappa shape index (κ2) is 4.83. The summed E-state index contributed by atoms with van der Waals surface area (Å²) >= 11 is 0. The van der Waals surface area contributed by atoms with Gasteiger partial charge in [0.1, 0.15) is 5.57 Å². The minimum Gasteiger partial charge on any atom is -0.478 e. The molecule has 1 aliphatic carbocycles. The van der Waals surface area contributed by atoms with Crippen molar-refractivity contribution >= 4 is 23.1 Å². The van der Waals surface area contributed by atoms with Gasteiger partial charge in [0.25, 0.3) is 0 Å². The lowest BCUT2D eigenvalue weighted by Crippen LogP contribution is -2.25. The Labute approximate surface area is 120 Å². The average molecular weight is 278 g/mol. The second-order valence-corrected chi connectivity index (χ2v) is 4.63. The Bertz CT molecular complexity index is 801. The van der Waals surface area contributed by atoms with Crippen molar-refractivity contribution in [2.45, 2.75) is 0 Å². The van der Waals surface area contributed by atoms with E-state index in [1.807, 2.05) is 0 Å². The number of rotatable bonds is 2. The zero-order chi connectivity index (χ0) is 15.0. The number of aliphatic carboxylic acids is 1. The lowest BCUT2D eigenvalue weighted by atomic mass is 9.81. The zero-order valence-corrected chi connectivity index (χ0v) is 10.9. The third kappa shape index (κ3) is 1.97. The molecule has 2 aromatic carbocycles. The van der Waals surface area contributed by atoms with Crippen LogP contribution in [-0.2, 0) is 4.79 Å². The number of carboxylic acid groups (broad SMARTS) is 1. The van der Waals surface area contributed by atoms with Crippen molar-refractivity contribution in [1.29, 1.82) is 0 Å². The third-order valence-corrected chi connectivity index (χ3v) is 3.40. The van der Waals surface area contributed by atoms with Crippen molar-refractivity contribution in [3.05, 3.63) is 76.9 Å². The molecule has 0 heterocycles. The van der Waals surface area contributed by atoms with Gasteiger partial charge in [-0.25, -0.2) is 4.79 Å². The molecular weight excluding hydrogens is 268 g/mol. The van der Waals surface area contributed by atoms with Crippen molar-refractivity contribution in [2.75, 3.05) is 0 Å². The van der Waals surface area contributed by atoms with Crippen LogP contribution in [0.3, 0.4) is 0 Å². The lowest BCUT2D eigenvalue weighted by Gasteiger charge is -2.18. The molecule has 0 atom stereocenters. The van der Waals surface area contributed by atoms with E-state index < -0.39 is 23.1 Å². The van der Waals surface area contributed by atoms with Gasteiger partial charge >= 0.3 is 5.97 Å². The van der Waals surface area contributed by atoms with Crippen molar-refractivity contribution in [3.63, 3.8) is 0 Å². The maximum atomic E-state index is 12.6. The van der Waals surface area contributed by atoms with Crippen LogP contribution in [0.2, 0.25) is 0 Å². The molecule has 1 N–H and O–H groups in total. The highest BCUT2D eigenvalue weighted by molar-refractivity contribution is 6.46. The van der Waals surface area contributed by atoms with E-state index in [0.29, 0.717) is 5.56 Å². The maximum absolute atomic E-state index is 12.6. The van der Waals surface area contributed by atoms with E-state index in [-0.39, 0.29) is 16.7 Å². The Balaban J connectivity index is 2.33. The SMILES string of the molecule is O=C(O)C1=C(c2ccccc2)C(=O)c2ccccc2C1=O. The summed E-state index contributed by atoms with van der Waals surface area (Å²) in [5.74, 6) is -2.45. The monoisotopic (exact) mass is 278 g/mol. The molecule has 0 bridgehead atoms. The van der Waals surface area contributed by atoms with E-state index >= 15 is 0 Å². The highest BCUT2D eigenvalue weighted by atomic mass is 16.4. The summed E-state index contributed by atoms with van der Waals surface area (Å²) in [4.78, 5) is 36.5. The van der Waals surface area contributed by atoms with Gasteiger partial charge in [-0.15, -0.1) is 0 Å². The molecule has 0 aromatic heterocycles. The molecule has 0 aliphatic heterocycles. The van der Waals surface area contributed by atoms with Crippen LogP contribution in [0.15, 0.2) is 60.2 Å². The number of hydrogen-bond acceptors (Lipinski definition) is 3. The van der Waals surface area contributed by atoms with Crippen LogP contribution >= 0.6 is 0 Å². The Kier molecular flexibility index (Phi) is 2.99. The number of hydrogen-bond donors (Lipinski definition) is 1. The smallest absolute Gasteiger partial charge is 0.340 e. The van der Waals surface area contributed by atoms with Gasteiger partial charge < -0.3 is 5.11 Å². The van der Waals surface area contributed by atoms with Crippen LogP contribution in [-0.4, -0.2) is 22.6 Å². The van der Waals surface area contributed by atoms with Gasteiger partial charge in [0.2, 0.25) is 5.78 Å². The Morgan fingerprint density at radius 2 is 1.29 bits per heavy atom. The number of carboxylic acids is 1. The van der Waals surface area contributed by atoms with Crippen LogP contribution in [0.25, 0.3) is 5.57 Å². The molecule has 0 amide bonds. The number of benzene rings is 2. The van der Waals surface area contributed by atoms with Crippen LogP contribution in [0.4, 0.5) is 0 Å². The third-order valence-electron chi connectivity index (χ3n) is 3.40. The minimum atomic E-state index is -1.39. The predicted molar refractivity (Wildman–Crippen MR) is 76.1 cm³/mol. The molecule has 1 aliphatic rings. The summed E-state index contributed by atoms with van der Waals surface area (Å²) in [5.41, 5.74) is 0.297. The Morgan fingerprint density at radius 1 is 0.762 bits per heavy atom. The van der Waals surface area contributed by atoms with Crippen LogP contribution in [0.1, 0.15) is 26.3 Å². The van der Waals surface area contributed by atoms with Crippen molar-refractivity contribution in [2.24, 2.45) is 0 Å². The fourth-order valence-electron chi connectivity index (χ4n) is 2.46. The van der Waals surface area contributed by atoms with Crippen LogP contribution in [0.5, 0.6) is 0 Å². The van der Waals surface area contributed by atoms with Crippen molar-refractivity contribution < 1.29 is 19.5 Å². The summed E-state index contributed by atoms with van der Waals surface area (Å²) in [6, 6.07) is 14.7. The van der Waals surface area contributed by atoms with Gasteiger partial charge in [-0.05, 0) is 5.56 Å². The summed E-state index contributed by atoms with van der Waals surface area (Å²) in [7, 11) is 0. The molecule has 102 valence electrons. The van der Waals surface area contributed by atoms with E-state index in [9.17, 15) is 19.5 Å². The molecule has 0 spiro atoms. The van der Waals surface area contributed by atoms with Gasteiger partial charge in [0.15, 0.2) is 5.78 Å². The van der Waals surface area contributed by atoms with Crippen molar-refractivity contribution in [3.8, 4) is 0 Å². The number of allylic oxidation sites excluding steroid dienone is 1. The number of carbonyl (C=O) groups excluding carboxylic acids is 2. The van der Waals surface area contributed by atoms with Gasteiger partial charge in [-0.3, -0.25) is 9.59 Å². The molecule has 4 heteroatoms. The first-order chi connectivity index (χ1) is 10.1. The maximum Gasteiger partial charge on any atom is 0.340 e. The standard InChI is InChI=1S/C17H10O4/c18-15-11-8-4-5-9-12(11)16(19)14(17(20)21)13(15)10-6-2-1-3-7-10/h1-9H,(H,20,21). The van der Waals surface area contributed by atoms with E-state index in [4.69, 9.17) is 0 Å². The Morgan fingerprint density at radius 3 is 1.86 bits per heavy atom. The molecule has 0 radical (unpaired) electrons. The molecule has 3 rings (SSSR count). The molecule has 0 unspecified atom stereocenters. The minimum absolute atomic E-state index is 0.0493. The Hall–Kier alpha value is -3.01.